The molecule has 3 rings (SSSR count). The number of alkyl halides is 3. The first-order valence-electron chi connectivity index (χ1n) is 6.33. The Morgan fingerprint density at radius 1 is 1.25 bits per heavy atom. The zero-order valence-electron chi connectivity index (χ0n) is 10.6. The number of ether oxygens (including phenoxy) is 1. The maximum atomic E-state index is 12.7. The summed E-state index contributed by atoms with van der Waals surface area (Å²) in [4.78, 5) is 9.87. The zero-order chi connectivity index (χ0) is 14.3. The second kappa shape index (κ2) is 4.57. The van der Waals surface area contributed by atoms with Crippen LogP contribution >= 0.6 is 0 Å². The van der Waals surface area contributed by atoms with Gasteiger partial charge >= 0.3 is 6.18 Å². The van der Waals surface area contributed by atoms with Crippen LogP contribution in [0.2, 0.25) is 0 Å². The van der Waals surface area contributed by atoms with E-state index in [1.165, 1.54) is 0 Å². The van der Waals surface area contributed by atoms with E-state index >= 15 is 0 Å². The predicted octanol–water partition coefficient (Wildman–Crippen LogP) is 1.39. The van der Waals surface area contributed by atoms with Gasteiger partial charge in [0.25, 0.3) is 0 Å². The van der Waals surface area contributed by atoms with Crippen molar-refractivity contribution in [3.63, 3.8) is 0 Å². The van der Waals surface area contributed by atoms with Crippen molar-refractivity contribution in [3.05, 3.63) is 0 Å². The van der Waals surface area contributed by atoms with Gasteiger partial charge in [0.15, 0.2) is 17.7 Å². The molecule has 6 nitrogen and oxygen atoms in total. The number of halogens is 3. The Labute approximate surface area is 113 Å². The van der Waals surface area contributed by atoms with Gasteiger partial charge in [0.2, 0.25) is 11.7 Å². The van der Waals surface area contributed by atoms with Crippen molar-refractivity contribution in [2.24, 2.45) is 0 Å². The van der Waals surface area contributed by atoms with E-state index in [9.17, 15) is 13.2 Å². The standard InChI is InChI=1S/C11H14F3N5O/c12-11(13,14)6-5-20-7-8(16-6)17-10(15)18-9(7)19-3-1-2-4-19/h6H,1-5H2,(H3,15,16,17,18). The van der Waals surface area contributed by atoms with E-state index in [-0.39, 0.29) is 17.5 Å². The molecule has 1 saturated heterocycles. The van der Waals surface area contributed by atoms with Crippen molar-refractivity contribution in [2.75, 3.05) is 35.6 Å². The number of fused-ring (bicyclic) bond motifs is 1. The molecule has 1 atom stereocenters. The highest BCUT2D eigenvalue weighted by Gasteiger charge is 2.44. The van der Waals surface area contributed by atoms with Crippen LogP contribution in [0.1, 0.15) is 12.8 Å². The van der Waals surface area contributed by atoms with Gasteiger partial charge in [0.1, 0.15) is 6.61 Å². The molecule has 2 aliphatic rings. The zero-order valence-corrected chi connectivity index (χ0v) is 10.6. The van der Waals surface area contributed by atoms with Gasteiger partial charge < -0.3 is 20.7 Å². The van der Waals surface area contributed by atoms with Crippen LogP contribution in [0.4, 0.5) is 30.8 Å². The summed E-state index contributed by atoms with van der Waals surface area (Å²) >= 11 is 0. The lowest BCUT2D eigenvalue weighted by Gasteiger charge is -2.30. The summed E-state index contributed by atoms with van der Waals surface area (Å²) < 4.78 is 43.4. The van der Waals surface area contributed by atoms with E-state index in [0.717, 1.165) is 25.9 Å². The van der Waals surface area contributed by atoms with Crippen LogP contribution in [0, 0.1) is 0 Å². The number of aromatic nitrogens is 2. The fourth-order valence-corrected chi connectivity index (χ4v) is 2.38. The van der Waals surface area contributed by atoms with Crippen LogP contribution in [0.15, 0.2) is 0 Å². The second-order valence-electron chi connectivity index (χ2n) is 4.83. The maximum absolute atomic E-state index is 12.7. The van der Waals surface area contributed by atoms with Crippen molar-refractivity contribution < 1.29 is 17.9 Å². The lowest BCUT2D eigenvalue weighted by atomic mass is 10.2. The Morgan fingerprint density at radius 2 is 1.95 bits per heavy atom. The first kappa shape index (κ1) is 13.1. The number of hydrogen-bond acceptors (Lipinski definition) is 6. The Morgan fingerprint density at radius 3 is 2.60 bits per heavy atom. The lowest BCUT2D eigenvalue weighted by Crippen LogP contribution is -2.44. The van der Waals surface area contributed by atoms with Gasteiger partial charge in [-0.3, -0.25) is 0 Å². The van der Waals surface area contributed by atoms with Crippen LogP contribution < -0.4 is 20.7 Å². The highest BCUT2D eigenvalue weighted by atomic mass is 19.4. The minimum Gasteiger partial charge on any atom is -0.484 e. The molecule has 0 radical (unpaired) electrons. The minimum absolute atomic E-state index is 0.00738. The molecule has 3 N–H and O–H groups in total. The summed E-state index contributed by atoms with van der Waals surface area (Å²) in [6, 6.07) is -1.78. The lowest BCUT2D eigenvalue weighted by molar-refractivity contribution is -0.149. The summed E-state index contributed by atoms with van der Waals surface area (Å²) in [5.74, 6) is 0.664. The number of nitrogen functional groups attached to an aromatic ring is 1. The van der Waals surface area contributed by atoms with Crippen LogP contribution in [0.5, 0.6) is 5.75 Å². The molecule has 3 heterocycles. The van der Waals surface area contributed by atoms with Gasteiger partial charge in [-0.1, -0.05) is 0 Å². The van der Waals surface area contributed by atoms with Crippen LogP contribution in [-0.2, 0) is 0 Å². The molecule has 1 unspecified atom stereocenters. The molecule has 0 bridgehead atoms. The number of nitrogens with one attached hydrogen (secondary N) is 1. The molecule has 0 aliphatic carbocycles. The second-order valence-corrected chi connectivity index (χ2v) is 4.83. The van der Waals surface area contributed by atoms with Gasteiger partial charge in [-0.15, -0.1) is 0 Å². The Balaban J connectivity index is 1.95. The van der Waals surface area contributed by atoms with E-state index in [1.807, 2.05) is 4.90 Å². The van der Waals surface area contributed by atoms with Gasteiger partial charge in [-0.2, -0.15) is 23.1 Å². The molecule has 1 aromatic heterocycles. The summed E-state index contributed by atoms with van der Waals surface area (Å²) in [5.41, 5.74) is 5.58. The SMILES string of the molecule is Nc1nc2c(c(N3CCCC3)n1)OCC(C(F)(F)F)N2. The largest absolute Gasteiger partial charge is 0.484 e. The maximum Gasteiger partial charge on any atom is 0.411 e. The van der Waals surface area contributed by atoms with Gasteiger partial charge in [-0.25, -0.2) is 0 Å². The molecular formula is C11H14F3N5O. The molecule has 9 heteroatoms. The summed E-state index contributed by atoms with van der Waals surface area (Å²) in [5, 5.41) is 2.33. The molecule has 0 amide bonds. The number of nitrogens with two attached hydrogens (primary N) is 1. The van der Waals surface area contributed by atoms with Crippen LogP contribution in [0.3, 0.4) is 0 Å². The predicted molar refractivity (Wildman–Crippen MR) is 66.9 cm³/mol. The van der Waals surface area contributed by atoms with Crippen LogP contribution in [0.25, 0.3) is 0 Å². The number of hydrogen-bond donors (Lipinski definition) is 2. The van der Waals surface area contributed by atoms with Gasteiger partial charge in [-0.05, 0) is 12.8 Å². The third kappa shape index (κ3) is 2.27. The van der Waals surface area contributed by atoms with E-state index in [2.05, 4.69) is 15.3 Å². The number of anilines is 3. The van der Waals surface area contributed by atoms with Gasteiger partial charge in [0.05, 0.1) is 0 Å². The van der Waals surface area contributed by atoms with E-state index in [4.69, 9.17) is 10.5 Å². The first-order valence-corrected chi connectivity index (χ1v) is 6.33. The fourth-order valence-electron chi connectivity index (χ4n) is 2.38. The number of rotatable bonds is 1. The van der Waals surface area contributed by atoms with E-state index < -0.39 is 18.8 Å². The first-order chi connectivity index (χ1) is 9.45. The Bertz CT molecular complexity index is 516. The van der Waals surface area contributed by atoms with Crippen molar-refractivity contribution >= 4 is 17.6 Å². The van der Waals surface area contributed by atoms with Crippen LogP contribution in [-0.4, -0.2) is 41.9 Å². The molecule has 0 spiro atoms. The summed E-state index contributed by atoms with van der Waals surface area (Å²) in [7, 11) is 0. The number of nitrogens with zero attached hydrogens (tertiary/aromatic N) is 3. The monoisotopic (exact) mass is 289 g/mol. The van der Waals surface area contributed by atoms with E-state index in [1.54, 1.807) is 0 Å². The average Bonchev–Trinajstić information content (AvgIpc) is 2.89. The molecule has 0 aromatic carbocycles. The quantitative estimate of drug-likeness (QED) is 0.813. The smallest absolute Gasteiger partial charge is 0.411 e. The van der Waals surface area contributed by atoms with E-state index in [0.29, 0.717) is 5.82 Å². The third-order valence-electron chi connectivity index (χ3n) is 3.37. The summed E-state index contributed by atoms with van der Waals surface area (Å²) in [6.45, 7) is 1.08. The molecule has 2 aliphatic heterocycles. The molecular weight excluding hydrogens is 275 g/mol. The molecule has 20 heavy (non-hydrogen) atoms. The highest BCUT2D eigenvalue weighted by molar-refractivity contribution is 5.68. The fraction of sp³-hybridized carbons (Fsp3) is 0.636. The average molecular weight is 289 g/mol. The summed E-state index contributed by atoms with van der Waals surface area (Å²) in [6.07, 6.45) is -2.38. The topological polar surface area (TPSA) is 76.3 Å². The van der Waals surface area contributed by atoms with Crippen molar-refractivity contribution in [1.29, 1.82) is 0 Å². The molecule has 110 valence electrons. The van der Waals surface area contributed by atoms with Gasteiger partial charge in [0, 0.05) is 13.1 Å². The third-order valence-corrected chi connectivity index (χ3v) is 3.37. The van der Waals surface area contributed by atoms with Crippen molar-refractivity contribution in [2.45, 2.75) is 25.1 Å². The Kier molecular flexibility index (Phi) is 2.98. The molecule has 1 aromatic rings. The molecule has 0 saturated carbocycles. The van der Waals surface area contributed by atoms with Crippen molar-refractivity contribution in [1.82, 2.24) is 9.97 Å². The molecule has 1 fully saturated rings. The van der Waals surface area contributed by atoms with Crippen molar-refractivity contribution in [3.8, 4) is 5.75 Å². The normalized spacial score (nSPS) is 22.1. The minimum atomic E-state index is -4.40. The Hall–Kier alpha value is -1.93. The highest BCUT2D eigenvalue weighted by Crippen LogP contribution is 2.40.